The Hall–Kier alpha value is -0.770. The van der Waals surface area contributed by atoms with Crippen molar-refractivity contribution in [2.24, 2.45) is 5.92 Å². The summed E-state index contributed by atoms with van der Waals surface area (Å²) in [6.45, 7) is 1.47. The minimum atomic E-state index is -0.00188. The van der Waals surface area contributed by atoms with Gasteiger partial charge in [0, 0.05) is 18.1 Å². The van der Waals surface area contributed by atoms with E-state index in [1.54, 1.807) is 18.2 Å². The van der Waals surface area contributed by atoms with Gasteiger partial charge >= 0.3 is 0 Å². The lowest BCUT2D eigenvalue weighted by Crippen LogP contribution is -2.48. The molecule has 1 aromatic carbocycles. The minimum absolute atomic E-state index is 0.00188. The van der Waals surface area contributed by atoms with Crippen LogP contribution in [0.4, 0.5) is 5.69 Å². The number of carbonyl (C=O) groups is 1. The second kappa shape index (κ2) is 4.39. The zero-order chi connectivity index (χ0) is 10.8. The summed E-state index contributed by atoms with van der Waals surface area (Å²) in [5.74, 6) is 0.0507. The lowest BCUT2D eigenvalue weighted by atomic mass is 10.0. The van der Waals surface area contributed by atoms with E-state index in [4.69, 9.17) is 23.2 Å². The van der Waals surface area contributed by atoms with Crippen LogP contribution in [0.1, 0.15) is 0 Å². The molecule has 2 N–H and O–H groups in total. The molecule has 80 valence electrons. The molecule has 15 heavy (non-hydrogen) atoms. The first-order chi connectivity index (χ1) is 7.16. The SMILES string of the molecule is O=C(Nc1ccc(Cl)cc1Cl)C1CNC1. The highest BCUT2D eigenvalue weighted by atomic mass is 35.5. The monoisotopic (exact) mass is 244 g/mol. The van der Waals surface area contributed by atoms with Crippen LogP contribution >= 0.6 is 23.2 Å². The molecule has 1 aliphatic rings. The smallest absolute Gasteiger partial charge is 0.230 e. The number of nitrogens with one attached hydrogen (secondary N) is 2. The molecule has 1 fully saturated rings. The molecule has 0 spiro atoms. The Bertz CT molecular complexity index is 391. The van der Waals surface area contributed by atoms with Gasteiger partial charge in [-0.1, -0.05) is 23.2 Å². The molecular weight excluding hydrogens is 235 g/mol. The van der Waals surface area contributed by atoms with Crippen LogP contribution in [-0.4, -0.2) is 19.0 Å². The zero-order valence-corrected chi connectivity index (χ0v) is 9.40. The Balaban J connectivity index is 2.06. The van der Waals surface area contributed by atoms with Crippen molar-refractivity contribution in [3.8, 4) is 0 Å². The first kappa shape index (κ1) is 10.7. The van der Waals surface area contributed by atoms with Crippen LogP contribution in [0.2, 0.25) is 10.0 Å². The lowest BCUT2D eigenvalue weighted by Gasteiger charge is -2.25. The molecule has 1 amide bonds. The number of hydrogen-bond donors (Lipinski definition) is 2. The van der Waals surface area contributed by atoms with Crippen molar-refractivity contribution in [1.29, 1.82) is 0 Å². The summed E-state index contributed by atoms with van der Waals surface area (Å²) < 4.78 is 0. The molecule has 5 heteroatoms. The maximum absolute atomic E-state index is 11.6. The minimum Gasteiger partial charge on any atom is -0.324 e. The molecule has 1 aliphatic heterocycles. The van der Waals surface area contributed by atoms with E-state index in [1.165, 1.54) is 0 Å². The van der Waals surface area contributed by atoms with E-state index in [-0.39, 0.29) is 11.8 Å². The molecule has 0 saturated carbocycles. The Morgan fingerprint density at radius 1 is 1.40 bits per heavy atom. The Labute approximate surface area is 97.8 Å². The van der Waals surface area contributed by atoms with Crippen molar-refractivity contribution in [2.45, 2.75) is 0 Å². The van der Waals surface area contributed by atoms with Gasteiger partial charge < -0.3 is 10.6 Å². The Morgan fingerprint density at radius 2 is 2.13 bits per heavy atom. The molecule has 0 radical (unpaired) electrons. The van der Waals surface area contributed by atoms with Crippen molar-refractivity contribution in [3.63, 3.8) is 0 Å². The molecule has 1 heterocycles. The quantitative estimate of drug-likeness (QED) is 0.838. The van der Waals surface area contributed by atoms with Crippen molar-refractivity contribution < 1.29 is 4.79 Å². The first-order valence-electron chi connectivity index (χ1n) is 4.63. The van der Waals surface area contributed by atoms with Crippen LogP contribution in [0.25, 0.3) is 0 Å². The fourth-order valence-corrected chi connectivity index (χ4v) is 1.76. The number of carbonyl (C=O) groups excluding carboxylic acids is 1. The van der Waals surface area contributed by atoms with Crippen LogP contribution in [0, 0.1) is 5.92 Å². The Kier molecular flexibility index (Phi) is 3.14. The fourth-order valence-electron chi connectivity index (χ4n) is 1.30. The summed E-state index contributed by atoms with van der Waals surface area (Å²) >= 11 is 11.7. The molecule has 1 saturated heterocycles. The van der Waals surface area contributed by atoms with E-state index < -0.39 is 0 Å². The summed E-state index contributed by atoms with van der Waals surface area (Å²) in [7, 11) is 0. The normalized spacial score (nSPS) is 15.9. The summed E-state index contributed by atoms with van der Waals surface area (Å²) in [6.07, 6.45) is 0. The highest BCUT2D eigenvalue weighted by Crippen LogP contribution is 2.25. The summed E-state index contributed by atoms with van der Waals surface area (Å²) in [4.78, 5) is 11.6. The highest BCUT2D eigenvalue weighted by molar-refractivity contribution is 6.36. The van der Waals surface area contributed by atoms with Crippen molar-refractivity contribution in [2.75, 3.05) is 18.4 Å². The van der Waals surface area contributed by atoms with Crippen molar-refractivity contribution in [1.82, 2.24) is 5.32 Å². The van der Waals surface area contributed by atoms with E-state index in [0.717, 1.165) is 13.1 Å². The number of benzene rings is 1. The largest absolute Gasteiger partial charge is 0.324 e. The zero-order valence-electron chi connectivity index (χ0n) is 7.89. The average molecular weight is 245 g/mol. The van der Waals surface area contributed by atoms with E-state index in [9.17, 15) is 4.79 Å². The van der Waals surface area contributed by atoms with Gasteiger partial charge in [0.05, 0.1) is 16.6 Å². The van der Waals surface area contributed by atoms with Crippen molar-refractivity contribution in [3.05, 3.63) is 28.2 Å². The molecule has 3 nitrogen and oxygen atoms in total. The lowest BCUT2D eigenvalue weighted by molar-refractivity contribution is -0.121. The molecule has 0 unspecified atom stereocenters. The maximum Gasteiger partial charge on any atom is 0.230 e. The second-order valence-corrected chi connectivity index (χ2v) is 4.31. The summed E-state index contributed by atoms with van der Waals surface area (Å²) in [5, 5.41) is 6.83. The molecule has 1 aromatic rings. The van der Waals surface area contributed by atoms with Gasteiger partial charge in [0.2, 0.25) is 5.91 Å². The van der Waals surface area contributed by atoms with Crippen LogP contribution < -0.4 is 10.6 Å². The third-order valence-electron chi connectivity index (χ3n) is 2.34. The fraction of sp³-hybridized carbons (Fsp3) is 0.300. The van der Waals surface area contributed by atoms with Crippen LogP contribution in [0.15, 0.2) is 18.2 Å². The van der Waals surface area contributed by atoms with E-state index in [1.807, 2.05) is 0 Å². The third-order valence-corrected chi connectivity index (χ3v) is 2.89. The predicted octanol–water partition coefficient (Wildman–Crippen LogP) is 2.15. The number of anilines is 1. The van der Waals surface area contributed by atoms with Gasteiger partial charge in [0.25, 0.3) is 0 Å². The van der Waals surface area contributed by atoms with E-state index >= 15 is 0 Å². The molecule has 2 rings (SSSR count). The van der Waals surface area contributed by atoms with Gasteiger partial charge in [-0.05, 0) is 18.2 Å². The van der Waals surface area contributed by atoms with Gasteiger partial charge in [0.1, 0.15) is 0 Å². The molecule has 0 aromatic heterocycles. The van der Waals surface area contributed by atoms with Crippen molar-refractivity contribution >= 4 is 34.8 Å². The number of amides is 1. The maximum atomic E-state index is 11.6. The van der Waals surface area contributed by atoms with Crippen LogP contribution in [0.3, 0.4) is 0 Å². The number of hydrogen-bond acceptors (Lipinski definition) is 2. The molecule has 0 aliphatic carbocycles. The molecule has 0 bridgehead atoms. The first-order valence-corrected chi connectivity index (χ1v) is 5.39. The number of halogens is 2. The average Bonchev–Trinajstić information content (AvgIpc) is 2.07. The van der Waals surface area contributed by atoms with Gasteiger partial charge in [-0.15, -0.1) is 0 Å². The molecule has 0 atom stereocenters. The number of rotatable bonds is 2. The van der Waals surface area contributed by atoms with Gasteiger partial charge in [-0.25, -0.2) is 0 Å². The van der Waals surface area contributed by atoms with Gasteiger partial charge in [-0.2, -0.15) is 0 Å². The predicted molar refractivity (Wildman–Crippen MR) is 61.5 cm³/mol. The second-order valence-electron chi connectivity index (χ2n) is 3.47. The van der Waals surface area contributed by atoms with Crippen LogP contribution in [0.5, 0.6) is 0 Å². The van der Waals surface area contributed by atoms with Gasteiger partial charge in [-0.3, -0.25) is 4.79 Å². The summed E-state index contributed by atoms with van der Waals surface area (Å²) in [6, 6.07) is 5.01. The summed E-state index contributed by atoms with van der Waals surface area (Å²) in [5.41, 5.74) is 0.609. The van der Waals surface area contributed by atoms with E-state index in [0.29, 0.717) is 15.7 Å². The molecular formula is C10H10Cl2N2O. The van der Waals surface area contributed by atoms with Gasteiger partial charge in [0.15, 0.2) is 0 Å². The topological polar surface area (TPSA) is 41.1 Å². The van der Waals surface area contributed by atoms with Crippen LogP contribution in [-0.2, 0) is 4.79 Å². The Morgan fingerprint density at radius 3 is 2.67 bits per heavy atom. The highest BCUT2D eigenvalue weighted by Gasteiger charge is 2.25. The third kappa shape index (κ3) is 2.43. The van der Waals surface area contributed by atoms with E-state index in [2.05, 4.69) is 10.6 Å². The standard InChI is InChI=1S/C10H10Cl2N2O/c11-7-1-2-9(8(12)3-7)14-10(15)6-4-13-5-6/h1-3,6,13H,4-5H2,(H,14,15).